The van der Waals surface area contributed by atoms with Crippen LogP contribution in [0.2, 0.25) is 0 Å². The number of nitrogens with zero attached hydrogens (tertiary/aromatic N) is 1. The first-order valence-corrected chi connectivity index (χ1v) is 7.75. The molecule has 0 aliphatic carbocycles. The Morgan fingerprint density at radius 2 is 2.15 bits per heavy atom. The predicted molar refractivity (Wildman–Crippen MR) is 87.8 cm³/mol. The summed E-state index contributed by atoms with van der Waals surface area (Å²) in [5, 5.41) is 6.71. The van der Waals surface area contributed by atoms with Crippen LogP contribution in [-0.4, -0.2) is 38.3 Å². The number of ether oxygens (including phenoxy) is 1. The van der Waals surface area contributed by atoms with Gasteiger partial charge in [-0.2, -0.15) is 0 Å². The number of thiophene rings is 1. The molecule has 20 heavy (non-hydrogen) atoms. The zero-order chi connectivity index (χ0) is 15.2. The maximum atomic E-state index is 5.39. The van der Waals surface area contributed by atoms with Crippen molar-refractivity contribution < 1.29 is 4.74 Å². The lowest BCUT2D eigenvalue weighted by Gasteiger charge is -2.25. The summed E-state index contributed by atoms with van der Waals surface area (Å²) in [4.78, 5) is 7.01. The van der Waals surface area contributed by atoms with Crippen LogP contribution in [0.15, 0.2) is 17.1 Å². The SMILES string of the molecule is CN=C(NCC(C)(C)OC)NC(C)Cc1ccc(C)s1. The lowest BCUT2D eigenvalue weighted by atomic mass is 10.1. The highest BCUT2D eigenvalue weighted by Gasteiger charge is 2.17. The number of hydrogen-bond donors (Lipinski definition) is 2. The fourth-order valence-corrected chi connectivity index (χ4v) is 2.76. The van der Waals surface area contributed by atoms with E-state index in [0.29, 0.717) is 12.6 Å². The average molecular weight is 297 g/mol. The lowest BCUT2D eigenvalue weighted by molar-refractivity contribution is 0.0268. The highest BCUT2D eigenvalue weighted by Crippen LogP contribution is 2.16. The molecule has 1 rings (SSSR count). The smallest absolute Gasteiger partial charge is 0.191 e. The van der Waals surface area contributed by atoms with E-state index in [1.165, 1.54) is 9.75 Å². The van der Waals surface area contributed by atoms with Gasteiger partial charge in [0.15, 0.2) is 5.96 Å². The molecule has 0 aliphatic heterocycles. The Hall–Kier alpha value is -1.07. The summed E-state index contributed by atoms with van der Waals surface area (Å²) in [6.45, 7) is 9.12. The molecular formula is C15H27N3OS. The molecule has 1 unspecified atom stereocenters. The third-order valence-electron chi connectivity index (χ3n) is 3.14. The van der Waals surface area contributed by atoms with Gasteiger partial charge in [-0.25, -0.2) is 0 Å². The van der Waals surface area contributed by atoms with Crippen molar-refractivity contribution in [1.82, 2.24) is 10.6 Å². The molecule has 0 bridgehead atoms. The molecule has 0 spiro atoms. The van der Waals surface area contributed by atoms with Crippen molar-refractivity contribution in [2.45, 2.75) is 45.8 Å². The predicted octanol–water partition coefficient (Wildman–Crippen LogP) is 2.58. The molecule has 5 heteroatoms. The first kappa shape index (κ1) is 17.0. The van der Waals surface area contributed by atoms with E-state index in [4.69, 9.17) is 4.74 Å². The zero-order valence-corrected chi connectivity index (χ0v) is 14.2. The third kappa shape index (κ3) is 5.92. The molecule has 4 nitrogen and oxygen atoms in total. The van der Waals surface area contributed by atoms with Gasteiger partial charge in [0.1, 0.15) is 0 Å². The number of rotatable bonds is 6. The Labute approximate surface area is 126 Å². The molecule has 1 aromatic heterocycles. The number of nitrogens with one attached hydrogen (secondary N) is 2. The second-order valence-corrected chi connectivity index (χ2v) is 7.02. The minimum atomic E-state index is -0.203. The van der Waals surface area contributed by atoms with E-state index in [1.807, 2.05) is 25.2 Å². The average Bonchev–Trinajstić information content (AvgIpc) is 2.79. The largest absolute Gasteiger partial charge is 0.377 e. The molecular weight excluding hydrogens is 270 g/mol. The molecule has 2 N–H and O–H groups in total. The Kier molecular flexibility index (Phi) is 6.49. The molecule has 0 aliphatic rings. The standard InChI is InChI=1S/C15H27N3OS/c1-11(9-13-8-7-12(2)20-13)18-14(16-5)17-10-15(3,4)19-6/h7-8,11H,9-10H2,1-6H3,(H2,16,17,18). The second-order valence-electron chi connectivity index (χ2n) is 5.65. The van der Waals surface area contributed by atoms with Crippen molar-refractivity contribution in [3.05, 3.63) is 21.9 Å². The van der Waals surface area contributed by atoms with Crippen LogP contribution >= 0.6 is 11.3 Å². The molecule has 1 aromatic rings. The van der Waals surface area contributed by atoms with Gasteiger partial charge in [-0.1, -0.05) is 0 Å². The summed E-state index contributed by atoms with van der Waals surface area (Å²) in [6, 6.07) is 4.70. The van der Waals surface area contributed by atoms with Crippen LogP contribution in [-0.2, 0) is 11.2 Å². The summed E-state index contributed by atoms with van der Waals surface area (Å²) in [5.74, 6) is 0.816. The van der Waals surface area contributed by atoms with Crippen LogP contribution in [0.25, 0.3) is 0 Å². The van der Waals surface area contributed by atoms with Gasteiger partial charge in [0, 0.05) is 42.9 Å². The van der Waals surface area contributed by atoms with E-state index in [2.05, 4.69) is 41.6 Å². The maximum absolute atomic E-state index is 5.39. The van der Waals surface area contributed by atoms with Crippen LogP contribution in [0.4, 0.5) is 0 Å². The first-order chi connectivity index (χ1) is 9.36. The quantitative estimate of drug-likeness (QED) is 0.626. The summed E-state index contributed by atoms with van der Waals surface area (Å²) < 4.78 is 5.39. The van der Waals surface area contributed by atoms with Gasteiger partial charge in [-0.05, 0) is 39.8 Å². The van der Waals surface area contributed by atoms with Crippen LogP contribution < -0.4 is 10.6 Å². The highest BCUT2D eigenvalue weighted by molar-refractivity contribution is 7.11. The summed E-state index contributed by atoms with van der Waals surface area (Å²) >= 11 is 1.85. The van der Waals surface area contributed by atoms with Gasteiger partial charge in [0.25, 0.3) is 0 Å². The summed E-state index contributed by atoms with van der Waals surface area (Å²) in [7, 11) is 3.51. The fraction of sp³-hybridized carbons (Fsp3) is 0.667. The minimum absolute atomic E-state index is 0.203. The zero-order valence-electron chi connectivity index (χ0n) is 13.4. The van der Waals surface area contributed by atoms with Crippen molar-refractivity contribution in [2.24, 2.45) is 4.99 Å². The van der Waals surface area contributed by atoms with Crippen LogP contribution in [0, 0.1) is 6.92 Å². The van der Waals surface area contributed by atoms with E-state index in [1.54, 1.807) is 14.2 Å². The van der Waals surface area contributed by atoms with Gasteiger partial charge in [-0.3, -0.25) is 4.99 Å². The number of hydrogen-bond acceptors (Lipinski definition) is 3. The molecule has 0 aromatic carbocycles. The monoisotopic (exact) mass is 297 g/mol. The van der Waals surface area contributed by atoms with Gasteiger partial charge in [0.05, 0.1) is 5.60 Å². The van der Waals surface area contributed by atoms with E-state index >= 15 is 0 Å². The molecule has 0 saturated carbocycles. The van der Waals surface area contributed by atoms with Crippen LogP contribution in [0.3, 0.4) is 0 Å². The molecule has 1 heterocycles. The molecule has 0 radical (unpaired) electrons. The van der Waals surface area contributed by atoms with E-state index in [9.17, 15) is 0 Å². The summed E-state index contributed by atoms with van der Waals surface area (Å²) in [6.07, 6.45) is 1.01. The Balaban J connectivity index is 2.44. The second kappa shape index (κ2) is 7.64. The van der Waals surface area contributed by atoms with E-state index < -0.39 is 0 Å². The van der Waals surface area contributed by atoms with E-state index in [0.717, 1.165) is 12.4 Å². The van der Waals surface area contributed by atoms with Crippen molar-refractivity contribution in [3.63, 3.8) is 0 Å². The Morgan fingerprint density at radius 1 is 1.45 bits per heavy atom. The molecule has 1 atom stereocenters. The maximum Gasteiger partial charge on any atom is 0.191 e. The molecule has 0 saturated heterocycles. The minimum Gasteiger partial charge on any atom is -0.377 e. The van der Waals surface area contributed by atoms with Crippen LogP contribution in [0.1, 0.15) is 30.5 Å². The van der Waals surface area contributed by atoms with Crippen molar-refractivity contribution >= 4 is 17.3 Å². The van der Waals surface area contributed by atoms with Crippen molar-refractivity contribution in [3.8, 4) is 0 Å². The number of guanidine groups is 1. The fourth-order valence-electron chi connectivity index (χ4n) is 1.74. The van der Waals surface area contributed by atoms with Gasteiger partial charge >= 0.3 is 0 Å². The number of aryl methyl sites for hydroxylation is 1. The number of aliphatic imine (C=N–C) groups is 1. The van der Waals surface area contributed by atoms with Crippen molar-refractivity contribution in [2.75, 3.05) is 20.7 Å². The van der Waals surface area contributed by atoms with E-state index in [-0.39, 0.29) is 5.60 Å². The lowest BCUT2D eigenvalue weighted by Crippen LogP contribution is -2.48. The Bertz CT molecular complexity index is 440. The molecule has 0 amide bonds. The molecule has 0 fully saturated rings. The molecule has 114 valence electrons. The normalized spacial score (nSPS) is 14.2. The van der Waals surface area contributed by atoms with Gasteiger partial charge < -0.3 is 15.4 Å². The highest BCUT2D eigenvalue weighted by atomic mass is 32.1. The number of methoxy groups -OCH3 is 1. The summed E-state index contributed by atoms with van der Waals surface area (Å²) in [5.41, 5.74) is -0.203. The topological polar surface area (TPSA) is 45.7 Å². The van der Waals surface area contributed by atoms with Crippen LogP contribution in [0.5, 0.6) is 0 Å². The third-order valence-corrected chi connectivity index (χ3v) is 4.17. The van der Waals surface area contributed by atoms with Crippen molar-refractivity contribution in [1.29, 1.82) is 0 Å². The van der Waals surface area contributed by atoms with Gasteiger partial charge in [-0.15, -0.1) is 11.3 Å². The first-order valence-electron chi connectivity index (χ1n) is 6.94. The Morgan fingerprint density at radius 3 is 2.65 bits per heavy atom. The van der Waals surface area contributed by atoms with Gasteiger partial charge in [0.2, 0.25) is 0 Å².